The van der Waals surface area contributed by atoms with Crippen molar-refractivity contribution in [3.05, 3.63) is 30.4 Å². The van der Waals surface area contributed by atoms with Crippen LogP contribution in [0.3, 0.4) is 0 Å². The number of nitrogens with zero attached hydrogens (tertiary/aromatic N) is 8. The number of aromatic nitrogens is 7. The minimum absolute atomic E-state index is 0.00964. The van der Waals surface area contributed by atoms with Crippen molar-refractivity contribution in [2.45, 2.75) is 57.0 Å². The monoisotopic (exact) mass is 595 g/mol. The molecule has 17 heteroatoms. The molecule has 41 heavy (non-hydrogen) atoms. The lowest BCUT2D eigenvalue weighted by molar-refractivity contribution is 0.00147. The van der Waals surface area contributed by atoms with Gasteiger partial charge in [0, 0.05) is 26.1 Å². The van der Waals surface area contributed by atoms with Gasteiger partial charge >= 0.3 is 0 Å². The van der Waals surface area contributed by atoms with Crippen LogP contribution in [0.1, 0.15) is 38.9 Å². The second-order valence-electron chi connectivity index (χ2n) is 9.61. The van der Waals surface area contributed by atoms with E-state index in [0.717, 1.165) is 12.4 Å². The van der Waals surface area contributed by atoms with E-state index in [2.05, 4.69) is 34.9 Å². The Morgan fingerprint density at radius 3 is 2.37 bits per heavy atom. The first kappa shape index (κ1) is 30.3. The molecule has 224 valence electrons. The fourth-order valence-electron chi connectivity index (χ4n) is 4.57. The van der Waals surface area contributed by atoms with Crippen LogP contribution in [0.5, 0.6) is 11.8 Å². The number of methoxy groups -OCH3 is 2. The molecule has 3 aromatic heterocycles. The minimum Gasteiger partial charge on any atom is -0.479 e. The predicted molar refractivity (Wildman–Crippen MR) is 145 cm³/mol. The minimum atomic E-state index is -4.12. The Kier molecular flexibility index (Phi) is 9.82. The maximum absolute atomic E-state index is 13.9. The summed E-state index contributed by atoms with van der Waals surface area (Å²) in [5, 5.41) is 16.6. The molecule has 0 spiro atoms. The van der Waals surface area contributed by atoms with Crippen LogP contribution in [0, 0.1) is 5.82 Å². The molecule has 4 rings (SSSR count). The molecule has 1 saturated heterocycles. The second kappa shape index (κ2) is 13.3. The molecule has 0 aromatic carbocycles. The van der Waals surface area contributed by atoms with Gasteiger partial charge in [-0.2, -0.15) is 9.97 Å². The van der Waals surface area contributed by atoms with Crippen LogP contribution in [-0.2, 0) is 21.2 Å². The number of hydrogen-bond donors (Lipinski definition) is 2. The van der Waals surface area contributed by atoms with E-state index < -0.39 is 27.2 Å². The summed E-state index contributed by atoms with van der Waals surface area (Å²) < 4.78 is 62.1. The van der Waals surface area contributed by atoms with Gasteiger partial charge in [0.05, 0.1) is 38.8 Å². The van der Waals surface area contributed by atoms with Gasteiger partial charge in [-0.3, -0.25) is 9.29 Å². The molecule has 2 N–H and O–H groups in total. The first-order valence-electron chi connectivity index (χ1n) is 13.0. The van der Waals surface area contributed by atoms with Crippen LogP contribution < -0.4 is 19.1 Å². The number of halogens is 1. The van der Waals surface area contributed by atoms with Gasteiger partial charge in [-0.15, -0.1) is 10.2 Å². The van der Waals surface area contributed by atoms with Crippen LogP contribution in [-0.4, -0.2) is 99.6 Å². The molecule has 0 amide bonds. The Labute approximate surface area is 237 Å². The van der Waals surface area contributed by atoms with Crippen LogP contribution >= 0.6 is 0 Å². The second-order valence-corrected chi connectivity index (χ2v) is 11.6. The summed E-state index contributed by atoms with van der Waals surface area (Å²) in [4.78, 5) is 18.0. The molecule has 0 radical (unpaired) electrons. The van der Waals surface area contributed by atoms with Gasteiger partial charge in [-0.1, -0.05) is 0 Å². The summed E-state index contributed by atoms with van der Waals surface area (Å²) >= 11 is 0. The number of anilines is 2. The van der Waals surface area contributed by atoms with E-state index in [4.69, 9.17) is 14.2 Å². The first-order chi connectivity index (χ1) is 19.7. The van der Waals surface area contributed by atoms with Gasteiger partial charge in [0.2, 0.25) is 33.7 Å². The van der Waals surface area contributed by atoms with Crippen molar-refractivity contribution < 1.29 is 32.1 Å². The normalized spacial score (nSPS) is 17.6. The summed E-state index contributed by atoms with van der Waals surface area (Å²) in [5.41, 5.74) is 0.213. The number of hydrogen-bond acceptors (Lipinski definition) is 13. The zero-order valence-electron chi connectivity index (χ0n) is 23.3. The van der Waals surface area contributed by atoms with Gasteiger partial charge in [0.25, 0.3) is 0 Å². The van der Waals surface area contributed by atoms with Gasteiger partial charge in [0.15, 0.2) is 11.5 Å². The number of rotatable bonds is 13. The maximum Gasteiger partial charge on any atom is 0.245 e. The summed E-state index contributed by atoms with van der Waals surface area (Å²) in [6.45, 7) is 4.07. The van der Waals surface area contributed by atoms with Crippen molar-refractivity contribution in [3.63, 3.8) is 0 Å². The Balaban J connectivity index is 1.71. The van der Waals surface area contributed by atoms with Crippen LogP contribution in [0.15, 0.2) is 18.7 Å². The molecule has 0 saturated carbocycles. The van der Waals surface area contributed by atoms with Crippen molar-refractivity contribution >= 4 is 21.9 Å². The number of aliphatic hydroxyl groups excluding tert-OH is 1. The highest BCUT2D eigenvalue weighted by atomic mass is 32.2. The SMILES string of the molecule is COc1ncnc(OC)c1-n1c(CCCCO)nnc1NS(=O)(=O)[C@H]1C[C@@H](OC(C)C)CN(c2ncc(F)cn2)C1. The molecule has 2 atom stereocenters. The Morgan fingerprint density at radius 1 is 1.07 bits per heavy atom. The highest BCUT2D eigenvalue weighted by molar-refractivity contribution is 7.93. The van der Waals surface area contributed by atoms with Gasteiger partial charge < -0.3 is 24.2 Å². The predicted octanol–water partition coefficient (Wildman–Crippen LogP) is 1.13. The van der Waals surface area contributed by atoms with E-state index in [-0.39, 0.29) is 55.0 Å². The van der Waals surface area contributed by atoms with Crippen molar-refractivity contribution in [1.82, 2.24) is 34.7 Å². The van der Waals surface area contributed by atoms with Gasteiger partial charge in [-0.05, 0) is 33.1 Å². The number of nitrogens with one attached hydrogen (secondary N) is 1. The molecule has 1 fully saturated rings. The maximum atomic E-state index is 13.9. The third-order valence-corrected chi connectivity index (χ3v) is 7.99. The van der Waals surface area contributed by atoms with E-state index in [1.165, 1.54) is 25.1 Å². The van der Waals surface area contributed by atoms with E-state index >= 15 is 0 Å². The molecule has 3 aromatic rings. The fraction of sp³-hybridized carbons (Fsp3) is 0.583. The molecule has 0 aliphatic carbocycles. The number of unbranched alkanes of at least 4 members (excludes halogenated alkanes) is 1. The molecule has 0 unspecified atom stereocenters. The van der Waals surface area contributed by atoms with Crippen molar-refractivity contribution in [3.8, 4) is 17.4 Å². The van der Waals surface area contributed by atoms with Crippen LogP contribution in [0.2, 0.25) is 0 Å². The van der Waals surface area contributed by atoms with Gasteiger partial charge in [-0.25, -0.2) is 22.8 Å². The number of sulfonamides is 1. The topological polar surface area (TPSA) is 180 Å². The Bertz CT molecular complexity index is 1380. The molecule has 4 heterocycles. The first-order valence-corrected chi connectivity index (χ1v) is 14.6. The summed E-state index contributed by atoms with van der Waals surface area (Å²) in [5.74, 6) is 0.0807. The van der Waals surface area contributed by atoms with E-state index in [9.17, 15) is 17.9 Å². The lowest BCUT2D eigenvalue weighted by atomic mass is 10.1. The number of aliphatic hydroxyl groups is 1. The molecular weight excluding hydrogens is 561 g/mol. The fourth-order valence-corrected chi connectivity index (χ4v) is 5.97. The van der Waals surface area contributed by atoms with Crippen molar-refractivity contribution in [2.24, 2.45) is 0 Å². The summed E-state index contributed by atoms with van der Waals surface area (Å²) in [6.07, 6.45) is 4.30. The highest BCUT2D eigenvalue weighted by Gasteiger charge is 2.38. The number of ether oxygens (including phenoxy) is 3. The third-order valence-electron chi connectivity index (χ3n) is 6.30. The molecule has 1 aliphatic rings. The summed E-state index contributed by atoms with van der Waals surface area (Å²) in [6, 6.07) is 0. The molecule has 15 nitrogen and oxygen atoms in total. The molecule has 0 bridgehead atoms. The lowest BCUT2D eigenvalue weighted by Gasteiger charge is -2.37. The number of aryl methyl sites for hydroxylation is 1. The molecular formula is C24H34FN9O6S. The standard InChI is InChI=1S/C24H34FN9O6S/c1-15(2)40-17-9-18(13-33(12-17)23-26-10-16(25)11-27-23)41(36,37)32-24-31-30-19(7-5-6-8-35)34(24)20-21(38-3)28-14-29-22(20)39-4/h10-11,14-15,17-18,35H,5-9,12-13H2,1-4H3,(H,31,32)/t17-,18+/m1/s1. The van der Waals surface area contributed by atoms with E-state index in [0.29, 0.717) is 31.6 Å². The largest absolute Gasteiger partial charge is 0.479 e. The smallest absolute Gasteiger partial charge is 0.245 e. The average molecular weight is 596 g/mol. The van der Waals surface area contributed by atoms with E-state index in [1.54, 1.807) is 4.90 Å². The number of piperidine rings is 1. The Morgan fingerprint density at radius 2 is 1.76 bits per heavy atom. The third kappa shape index (κ3) is 7.15. The summed E-state index contributed by atoms with van der Waals surface area (Å²) in [7, 11) is -1.30. The average Bonchev–Trinajstić information content (AvgIpc) is 3.33. The zero-order chi connectivity index (χ0) is 29.6. The Hall–Kier alpha value is -3.70. The van der Waals surface area contributed by atoms with Crippen LogP contribution in [0.25, 0.3) is 5.69 Å². The molecule has 1 aliphatic heterocycles. The zero-order valence-corrected chi connectivity index (χ0v) is 24.1. The van der Waals surface area contributed by atoms with Crippen LogP contribution in [0.4, 0.5) is 16.3 Å². The van der Waals surface area contributed by atoms with Crippen molar-refractivity contribution in [1.29, 1.82) is 0 Å². The van der Waals surface area contributed by atoms with Gasteiger partial charge in [0.1, 0.15) is 17.4 Å². The quantitative estimate of drug-likeness (QED) is 0.269. The van der Waals surface area contributed by atoms with Crippen molar-refractivity contribution in [2.75, 3.05) is 43.5 Å². The van der Waals surface area contributed by atoms with E-state index in [1.807, 2.05) is 13.8 Å². The lowest BCUT2D eigenvalue weighted by Crippen LogP contribution is -2.51. The highest BCUT2D eigenvalue weighted by Crippen LogP contribution is 2.33.